The third-order valence-electron chi connectivity index (χ3n) is 6.11. The second-order valence-electron chi connectivity index (χ2n) is 8.66. The van der Waals surface area contributed by atoms with Crippen molar-refractivity contribution in [2.45, 2.75) is 50.4 Å². The van der Waals surface area contributed by atoms with E-state index in [1.54, 1.807) is 4.57 Å². The van der Waals surface area contributed by atoms with Gasteiger partial charge in [0.1, 0.15) is 0 Å². The Morgan fingerprint density at radius 3 is 2.72 bits per heavy atom. The summed E-state index contributed by atoms with van der Waals surface area (Å²) in [5.74, 6) is -1.09. The van der Waals surface area contributed by atoms with Crippen molar-refractivity contribution in [3.63, 3.8) is 0 Å². The Morgan fingerprint density at radius 1 is 1.28 bits per heavy atom. The maximum Gasteiger partial charge on any atom is 0.303 e. The van der Waals surface area contributed by atoms with Crippen molar-refractivity contribution in [2.75, 3.05) is 18.5 Å². The number of carbonyl (C=O) groups excluding carboxylic acids is 2. The molecule has 3 aromatic rings. The topological polar surface area (TPSA) is 163 Å². The number of esters is 1. The summed E-state index contributed by atoms with van der Waals surface area (Å²) in [6.45, 7) is 0.411. The molecule has 1 aromatic carbocycles. The summed E-state index contributed by atoms with van der Waals surface area (Å²) in [5.41, 5.74) is 1.78. The number of ether oxygens (including phenoxy) is 1. The van der Waals surface area contributed by atoms with E-state index in [1.165, 1.54) is 6.33 Å². The molecule has 1 aliphatic carbocycles. The van der Waals surface area contributed by atoms with Crippen LogP contribution in [0.2, 0.25) is 5.28 Å². The number of halogens is 1. The lowest BCUT2D eigenvalue weighted by Crippen LogP contribution is -2.39. The van der Waals surface area contributed by atoms with Crippen molar-refractivity contribution in [1.82, 2.24) is 24.6 Å². The number of anilines is 1. The molecule has 0 bridgehead atoms. The number of imidazole rings is 1. The maximum atomic E-state index is 12.1. The smallest absolute Gasteiger partial charge is 0.303 e. The van der Waals surface area contributed by atoms with Crippen LogP contribution in [0.4, 0.5) is 5.82 Å². The fourth-order valence-electron chi connectivity index (χ4n) is 4.39. The van der Waals surface area contributed by atoms with Crippen LogP contribution in [0, 0.1) is 0 Å². The van der Waals surface area contributed by atoms with Crippen LogP contribution in [-0.4, -0.2) is 83.3 Å². The molecule has 192 valence electrons. The Kier molecular flexibility index (Phi) is 7.99. The molecule has 1 aliphatic rings. The summed E-state index contributed by atoms with van der Waals surface area (Å²) < 4.78 is 6.28. The number of fused-ring (bicyclic) bond motifs is 1. The van der Waals surface area contributed by atoms with E-state index in [1.807, 2.05) is 30.3 Å². The third kappa shape index (κ3) is 5.73. The highest BCUT2D eigenvalue weighted by Gasteiger charge is 2.40. The monoisotopic (exact) mass is 518 g/mol. The molecule has 0 aliphatic heterocycles. The molecule has 4 rings (SSSR count). The molecule has 4 N–H and O–H groups in total. The number of rotatable bonds is 9. The number of benzene rings is 1. The van der Waals surface area contributed by atoms with Crippen molar-refractivity contribution >= 4 is 40.5 Å². The zero-order valence-corrected chi connectivity index (χ0v) is 20.2. The molecule has 2 aromatic heterocycles. The Balaban J connectivity index is 1.54. The Labute approximate surface area is 211 Å². The van der Waals surface area contributed by atoms with E-state index in [-0.39, 0.29) is 30.8 Å². The zero-order chi connectivity index (χ0) is 25.8. The van der Waals surface area contributed by atoms with Gasteiger partial charge in [0.25, 0.3) is 5.91 Å². The number of aromatic nitrogens is 4. The molecule has 1 saturated carbocycles. The van der Waals surface area contributed by atoms with Crippen LogP contribution in [0.25, 0.3) is 11.2 Å². The number of nitrogens with one attached hydrogen (secondary N) is 1. The minimum atomic E-state index is -0.919. The Hall–Kier alpha value is -3.32. The molecule has 1 fully saturated rings. The quantitative estimate of drug-likeness (QED) is 0.141. The number of amides is 1. The van der Waals surface area contributed by atoms with Gasteiger partial charge in [0.2, 0.25) is 5.28 Å². The van der Waals surface area contributed by atoms with Crippen molar-refractivity contribution in [3.05, 3.63) is 47.5 Å². The minimum Gasteiger partial charge on any atom is -0.456 e. The summed E-state index contributed by atoms with van der Waals surface area (Å²) in [5, 5.41) is 34.6. The van der Waals surface area contributed by atoms with Gasteiger partial charge in [-0.2, -0.15) is 9.97 Å². The lowest BCUT2D eigenvalue weighted by molar-refractivity contribution is -0.182. The number of hydroxylamine groups is 2. The molecule has 36 heavy (non-hydrogen) atoms. The van der Waals surface area contributed by atoms with Gasteiger partial charge in [0.15, 0.2) is 23.6 Å². The summed E-state index contributed by atoms with van der Waals surface area (Å²) in [6, 6.07) is 8.05. The van der Waals surface area contributed by atoms with Crippen LogP contribution in [-0.2, 0) is 20.7 Å². The standard InChI is InChI=1S/C23H27ClN6O6/c1-13(32)36-11-19(34)30(35)16-8-17(18(33)9-16)29-12-25-20-21(27-23(24)28-22(20)29)26-15(10-31)7-14-5-3-2-4-6-14/h2-6,12,15-18,31,33,35H,7-11H2,1H3,(H,26,27,28)/t15-,16?,17+,18-/m0/s1. The average Bonchev–Trinajstić information content (AvgIpc) is 3.45. The number of hydrogen-bond acceptors (Lipinski definition) is 10. The van der Waals surface area contributed by atoms with Gasteiger partial charge in [0, 0.05) is 6.92 Å². The van der Waals surface area contributed by atoms with Crippen LogP contribution in [0.15, 0.2) is 36.7 Å². The normalized spacial score (nSPS) is 20.3. The molecule has 4 atom stereocenters. The van der Waals surface area contributed by atoms with E-state index in [0.29, 0.717) is 28.5 Å². The number of aliphatic hydroxyl groups is 2. The van der Waals surface area contributed by atoms with E-state index in [0.717, 1.165) is 12.5 Å². The predicted molar refractivity (Wildman–Crippen MR) is 128 cm³/mol. The van der Waals surface area contributed by atoms with Crippen molar-refractivity contribution in [2.24, 2.45) is 0 Å². The first-order chi connectivity index (χ1) is 17.3. The SMILES string of the molecule is CC(=O)OCC(=O)N(O)C1C[C@@H](n2cnc3c(N[C@H](CO)Cc4ccccc4)nc(Cl)nc32)[C@@H](O)C1. The molecule has 0 saturated heterocycles. The zero-order valence-electron chi connectivity index (χ0n) is 19.5. The van der Waals surface area contributed by atoms with Crippen molar-refractivity contribution in [1.29, 1.82) is 0 Å². The molecular formula is C23H27ClN6O6. The first-order valence-electron chi connectivity index (χ1n) is 11.4. The largest absolute Gasteiger partial charge is 0.456 e. The van der Waals surface area contributed by atoms with Crippen molar-refractivity contribution < 1.29 is 29.7 Å². The molecule has 1 unspecified atom stereocenters. The van der Waals surface area contributed by atoms with Gasteiger partial charge in [-0.3, -0.25) is 14.8 Å². The van der Waals surface area contributed by atoms with Gasteiger partial charge in [-0.1, -0.05) is 30.3 Å². The molecule has 0 spiro atoms. The number of hydrogen-bond donors (Lipinski definition) is 4. The van der Waals surface area contributed by atoms with E-state index in [2.05, 4.69) is 25.0 Å². The van der Waals surface area contributed by atoms with Gasteiger partial charge >= 0.3 is 5.97 Å². The van der Waals surface area contributed by atoms with Crippen LogP contribution < -0.4 is 5.32 Å². The van der Waals surface area contributed by atoms with Crippen LogP contribution in [0.1, 0.15) is 31.4 Å². The lowest BCUT2D eigenvalue weighted by Gasteiger charge is -2.22. The predicted octanol–water partition coefficient (Wildman–Crippen LogP) is 1.34. The summed E-state index contributed by atoms with van der Waals surface area (Å²) >= 11 is 6.20. The fourth-order valence-corrected chi connectivity index (χ4v) is 4.55. The van der Waals surface area contributed by atoms with Gasteiger partial charge in [-0.05, 0) is 36.4 Å². The highest BCUT2D eigenvalue weighted by Crippen LogP contribution is 2.36. The molecule has 1 amide bonds. The lowest BCUT2D eigenvalue weighted by atomic mass is 10.1. The Bertz CT molecular complexity index is 1220. The molecule has 12 nitrogen and oxygen atoms in total. The summed E-state index contributed by atoms with van der Waals surface area (Å²) in [6.07, 6.45) is 1.41. The molecular weight excluding hydrogens is 492 g/mol. The van der Waals surface area contributed by atoms with Gasteiger partial charge in [-0.25, -0.2) is 10.0 Å². The van der Waals surface area contributed by atoms with Crippen LogP contribution >= 0.6 is 11.6 Å². The highest BCUT2D eigenvalue weighted by atomic mass is 35.5. The fraction of sp³-hybridized carbons (Fsp3) is 0.435. The van der Waals surface area contributed by atoms with E-state index < -0.39 is 36.7 Å². The van der Waals surface area contributed by atoms with E-state index in [4.69, 9.17) is 11.6 Å². The van der Waals surface area contributed by atoms with E-state index in [9.17, 15) is 25.0 Å². The molecule has 2 heterocycles. The second-order valence-corrected chi connectivity index (χ2v) is 9.00. The molecule has 13 heteroatoms. The maximum absolute atomic E-state index is 12.1. The van der Waals surface area contributed by atoms with Crippen molar-refractivity contribution in [3.8, 4) is 0 Å². The van der Waals surface area contributed by atoms with Crippen LogP contribution in [0.5, 0.6) is 0 Å². The highest BCUT2D eigenvalue weighted by molar-refractivity contribution is 6.28. The summed E-state index contributed by atoms with van der Waals surface area (Å²) in [4.78, 5) is 36.0. The van der Waals surface area contributed by atoms with Gasteiger partial charge in [-0.15, -0.1) is 0 Å². The minimum absolute atomic E-state index is 0.0486. The number of carbonyl (C=O) groups is 2. The van der Waals surface area contributed by atoms with Gasteiger partial charge < -0.3 is 24.8 Å². The molecule has 0 radical (unpaired) electrons. The first kappa shape index (κ1) is 25.8. The number of aliphatic hydroxyl groups excluding tert-OH is 2. The second kappa shape index (κ2) is 11.2. The average molecular weight is 519 g/mol. The Morgan fingerprint density at radius 2 is 2.03 bits per heavy atom. The van der Waals surface area contributed by atoms with Crippen LogP contribution in [0.3, 0.4) is 0 Å². The third-order valence-corrected chi connectivity index (χ3v) is 6.28. The van der Waals surface area contributed by atoms with E-state index >= 15 is 0 Å². The van der Waals surface area contributed by atoms with Gasteiger partial charge in [0.05, 0.1) is 37.2 Å². The summed E-state index contributed by atoms with van der Waals surface area (Å²) in [7, 11) is 0. The number of nitrogens with zero attached hydrogens (tertiary/aromatic N) is 5. The first-order valence-corrected chi connectivity index (χ1v) is 11.8.